The van der Waals surface area contributed by atoms with Gasteiger partial charge in [-0.15, -0.1) is 0 Å². The highest BCUT2D eigenvalue weighted by molar-refractivity contribution is 6.12. The van der Waals surface area contributed by atoms with Gasteiger partial charge in [0.15, 0.2) is 0 Å². The first-order valence-corrected chi connectivity index (χ1v) is 28.8. The van der Waals surface area contributed by atoms with E-state index in [1.165, 1.54) is 72.2 Å². The Kier molecular flexibility index (Phi) is 14.2. The molecule has 9 aromatic rings. The van der Waals surface area contributed by atoms with Gasteiger partial charge in [-0.2, -0.15) is 0 Å². The molecule has 1 aliphatic heterocycles. The minimum absolute atomic E-state index is 0.0641. The van der Waals surface area contributed by atoms with E-state index < -0.39 is 5.41 Å². The molecule has 5 nitrogen and oxygen atoms in total. The normalized spacial score (nSPS) is 13.8. The zero-order valence-corrected chi connectivity index (χ0v) is 50.3. The second kappa shape index (κ2) is 20.4. The van der Waals surface area contributed by atoms with Crippen molar-refractivity contribution in [3.63, 3.8) is 0 Å². The van der Waals surface area contributed by atoms with E-state index in [4.69, 9.17) is 9.72 Å². The molecule has 0 radical (unpaired) electrons. The topological polar surface area (TPSA) is 33.5 Å². The van der Waals surface area contributed by atoms with Crippen molar-refractivity contribution in [2.24, 2.45) is 5.41 Å². The van der Waals surface area contributed by atoms with Crippen molar-refractivity contribution in [3.8, 4) is 28.4 Å². The van der Waals surface area contributed by atoms with Gasteiger partial charge in [0.05, 0.1) is 17.7 Å². The van der Waals surface area contributed by atoms with Crippen LogP contribution in [-0.4, -0.2) is 16.2 Å². The number of hydrogen-bond donors (Lipinski definition) is 0. The van der Waals surface area contributed by atoms with E-state index in [1.807, 2.05) is 6.20 Å². The van der Waals surface area contributed by atoms with Crippen molar-refractivity contribution >= 4 is 33.2 Å². The lowest BCUT2D eigenvalue weighted by molar-refractivity contribution is 0.481. The summed E-state index contributed by atoms with van der Waals surface area (Å²) in [5, 5.41) is 2.38. The van der Waals surface area contributed by atoms with Gasteiger partial charge in [-0.05, 0) is 127 Å². The van der Waals surface area contributed by atoms with E-state index in [0.29, 0.717) is 18.5 Å². The Morgan fingerprint density at radius 2 is 1.05 bits per heavy atom. The van der Waals surface area contributed by atoms with Crippen LogP contribution in [0.25, 0.3) is 38.8 Å². The van der Waals surface area contributed by atoms with Crippen molar-refractivity contribution in [1.29, 1.82) is 0 Å². The van der Waals surface area contributed by atoms with Crippen LogP contribution in [0.1, 0.15) is 174 Å². The average Bonchev–Trinajstić information content (AvgIpc) is 4.21. The molecule has 10 rings (SSSR count). The highest BCUT2D eigenvalue weighted by Gasteiger charge is 2.35. The second-order valence-corrected chi connectivity index (χ2v) is 27.1. The SMILES string of the molecule is CC(C)c1cccc(C(C)C)c1-c1cc(Oc2cc(C(C)(C)c3ccccc3)c3c4ccccc4n(-c4cc(C(C)(C)C)ccn4)c3c2)cc(N2C=C(C(C)(C)C)N(c3cc(C(C)(C)C)cc(C(C)(C)c4ccccc4)c3)C2)c1. The summed E-state index contributed by atoms with van der Waals surface area (Å²) < 4.78 is 9.90. The zero-order chi connectivity index (χ0) is 56.6. The monoisotopic (exact) mass is 1040 g/mol. The molecule has 0 N–H and O–H groups in total. The van der Waals surface area contributed by atoms with Crippen LogP contribution in [0.4, 0.5) is 11.4 Å². The van der Waals surface area contributed by atoms with Gasteiger partial charge in [0.25, 0.3) is 0 Å². The van der Waals surface area contributed by atoms with E-state index in [-0.39, 0.29) is 21.7 Å². The Balaban J connectivity index is 1.19. The highest BCUT2D eigenvalue weighted by atomic mass is 16.5. The van der Waals surface area contributed by atoms with Gasteiger partial charge in [0, 0.05) is 68.6 Å². The smallest absolute Gasteiger partial charge is 0.137 e. The molecule has 2 aromatic heterocycles. The summed E-state index contributed by atoms with van der Waals surface area (Å²) in [6.45, 7) is 40.2. The number of anilines is 2. The third-order valence-corrected chi connectivity index (χ3v) is 16.8. The van der Waals surface area contributed by atoms with E-state index in [1.54, 1.807) is 0 Å². The van der Waals surface area contributed by atoms with Crippen molar-refractivity contribution in [3.05, 3.63) is 226 Å². The van der Waals surface area contributed by atoms with Crippen LogP contribution in [0.3, 0.4) is 0 Å². The quantitative estimate of drug-likeness (QED) is 0.122. The molecule has 0 saturated heterocycles. The lowest BCUT2D eigenvalue weighted by atomic mass is 9.75. The fraction of sp³-hybridized carbons (Fsp3) is 0.338. The largest absolute Gasteiger partial charge is 0.457 e. The molecule has 1 aliphatic rings. The molecule has 3 heterocycles. The van der Waals surface area contributed by atoms with Crippen LogP contribution in [0.5, 0.6) is 11.5 Å². The molecular formula is C74H84N4O. The predicted octanol–water partition coefficient (Wildman–Crippen LogP) is 20.3. The molecule has 0 amide bonds. The summed E-state index contributed by atoms with van der Waals surface area (Å²) in [5.41, 5.74) is 17.5. The minimum atomic E-state index is -0.405. The van der Waals surface area contributed by atoms with Crippen LogP contribution in [-0.2, 0) is 21.7 Å². The molecule has 7 aromatic carbocycles. The number of hydrogen-bond acceptors (Lipinski definition) is 4. The summed E-state index contributed by atoms with van der Waals surface area (Å²) in [5.74, 6) is 3.05. The Morgan fingerprint density at radius 1 is 0.468 bits per heavy atom. The van der Waals surface area contributed by atoms with Crippen LogP contribution in [0, 0.1) is 5.41 Å². The number of pyridine rings is 1. The third-order valence-electron chi connectivity index (χ3n) is 16.8. The van der Waals surface area contributed by atoms with Crippen LogP contribution in [0.2, 0.25) is 0 Å². The Bertz CT molecular complexity index is 3710. The Labute approximate surface area is 473 Å². The summed E-state index contributed by atoms with van der Waals surface area (Å²) in [4.78, 5) is 10.1. The third kappa shape index (κ3) is 10.5. The average molecular weight is 1050 g/mol. The Morgan fingerprint density at radius 3 is 1.66 bits per heavy atom. The molecule has 0 spiro atoms. The van der Waals surface area contributed by atoms with Crippen LogP contribution in [0.15, 0.2) is 182 Å². The van der Waals surface area contributed by atoms with Gasteiger partial charge in [-0.25, -0.2) is 4.98 Å². The molecular weight excluding hydrogens is 961 g/mol. The summed E-state index contributed by atoms with van der Waals surface area (Å²) in [7, 11) is 0. The van der Waals surface area contributed by atoms with Crippen molar-refractivity contribution in [2.45, 2.75) is 151 Å². The molecule has 0 aliphatic carbocycles. The molecule has 5 heteroatoms. The number of benzene rings is 7. The number of rotatable bonds is 12. The highest BCUT2D eigenvalue weighted by Crippen LogP contribution is 2.48. The van der Waals surface area contributed by atoms with E-state index in [2.05, 4.69) is 302 Å². The van der Waals surface area contributed by atoms with Crippen LogP contribution < -0.4 is 14.5 Å². The second-order valence-electron chi connectivity index (χ2n) is 27.1. The van der Waals surface area contributed by atoms with Crippen molar-refractivity contribution in [1.82, 2.24) is 9.55 Å². The van der Waals surface area contributed by atoms with Gasteiger partial charge in [0.1, 0.15) is 17.3 Å². The summed E-state index contributed by atoms with van der Waals surface area (Å²) in [6, 6.07) is 60.8. The molecule has 0 atom stereocenters. The van der Waals surface area contributed by atoms with Gasteiger partial charge in [-0.1, -0.05) is 221 Å². The Hall–Kier alpha value is -7.37. The fourth-order valence-electron chi connectivity index (χ4n) is 11.9. The molecule has 0 saturated carbocycles. The summed E-state index contributed by atoms with van der Waals surface area (Å²) in [6.07, 6.45) is 4.36. The lowest BCUT2D eigenvalue weighted by Gasteiger charge is -2.34. The van der Waals surface area contributed by atoms with Crippen molar-refractivity contribution in [2.75, 3.05) is 16.5 Å². The number of allylic oxidation sites excluding steroid dienone is 1. The minimum Gasteiger partial charge on any atom is -0.457 e. The first-order chi connectivity index (χ1) is 37.2. The standard InChI is InChI=1S/C74H84N4O/c1-48(2)60-32-26-33-61(49(3)4)68(60)50-37-56(76-46-66(72(11,12)13)77(47-76)57-40-54(71(8,9)10)39-55(41-57)73(14,15)51-27-20-18-21-28-51)43-58(38-50)79-59-44-63(74(16,17)52-29-22-19-23-30-52)69-62-31-24-25-34-64(62)78(65(69)45-59)67-42-53(35-36-75-67)70(5,6)7/h18-46,48-49H,47H2,1-17H3. The number of aromatic nitrogens is 2. The van der Waals surface area contributed by atoms with Gasteiger partial charge < -0.3 is 14.5 Å². The number of para-hydroxylation sites is 1. The maximum Gasteiger partial charge on any atom is 0.137 e. The van der Waals surface area contributed by atoms with Gasteiger partial charge in [0.2, 0.25) is 0 Å². The van der Waals surface area contributed by atoms with E-state index in [9.17, 15) is 0 Å². The number of nitrogens with zero attached hydrogens (tertiary/aromatic N) is 4. The first-order valence-electron chi connectivity index (χ1n) is 28.8. The fourth-order valence-corrected chi connectivity index (χ4v) is 11.9. The van der Waals surface area contributed by atoms with E-state index >= 15 is 0 Å². The first kappa shape index (κ1) is 55.0. The molecule has 0 unspecified atom stereocenters. The molecule has 406 valence electrons. The van der Waals surface area contributed by atoms with Crippen molar-refractivity contribution < 1.29 is 4.74 Å². The zero-order valence-electron chi connectivity index (χ0n) is 50.3. The summed E-state index contributed by atoms with van der Waals surface area (Å²) >= 11 is 0. The number of ether oxygens (including phenoxy) is 1. The molecule has 0 fully saturated rings. The lowest BCUT2D eigenvalue weighted by Crippen LogP contribution is -2.31. The number of fused-ring (bicyclic) bond motifs is 3. The molecule has 0 bridgehead atoms. The van der Waals surface area contributed by atoms with Crippen LogP contribution >= 0.6 is 0 Å². The maximum atomic E-state index is 7.55. The van der Waals surface area contributed by atoms with E-state index in [0.717, 1.165) is 39.6 Å². The predicted molar refractivity (Wildman–Crippen MR) is 337 cm³/mol. The van der Waals surface area contributed by atoms with Gasteiger partial charge >= 0.3 is 0 Å². The molecule has 79 heavy (non-hydrogen) atoms. The maximum absolute atomic E-state index is 7.55. The van der Waals surface area contributed by atoms with Gasteiger partial charge in [-0.3, -0.25) is 4.57 Å².